The topological polar surface area (TPSA) is 55.6 Å². The van der Waals surface area contributed by atoms with E-state index in [1.807, 2.05) is 0 Å². The SMILES string of the molecule is COC1CCN(C(=O)c2cccc(F)c2N)CC1. The van der Waals surface area contributed by atoms with Crippen molar-refractivity contribution in [3.63, 3.8) is 0 Å². The van der Waals surface area contributed by atoms with Crippen molar-refractivity contribution in [3.8, 4) is 0 Å². The Kier molecular flexibility index (Phi) is 3.81. The van der Waals surface area contributed by atoms with Crippen LogP contribution in [0.2, 0.25) is 0 Å². The lowest BCUT2D eigenvalue weighted by molar-refractivity contribution is 0.0351. The first kappa shape index (κ1) is 12.8. The molecule has 0 aromatic heterocycles. The molecular weight excluding hydrogens is 235 g/mol. The number of benzene rings is 1. The maximum Gasteiger partial charge on any atom is 0.256 e. The zero-order valence-corrected chi connectivity index (χ0v) is 10.4. The second-order valence-electron chi connectivity index (χ2n) is 4.43. The number of anilines is 1. The lowest BCUT2D eigenvalue weighted by Crippen LogP contribution is -2.40. The number of hydrogen-bond donors (Lipinski definition) is 1. The van der Waals surface area contributed by atoms with Gasteiger partial charge in [0.2, 0.25) is 0 Å². The van der Waals surface area contributed by atoms with Gasteiger partial charge in [-0.3, -0.25) is 4.79 Å². The summed E-state index contributed by atoms with van der Waals surface area (Å²) in [7, 11) is 1.67. The molecule has 0 atom stereocenters. The van der Waals surface area contributed by atoms with Crippen LogP contribution >= 0.6 is 0 Å². The highest BCUT2D eigenvalue weighted by atomic mass is 19.1. The summed E-state index contributed by atoms with van der Waals surface area (Å²) in [6.45, 7) is 1.24. The first-order chi connectivity index (χ1) is 8.63. The molecule has 1 aromatic carbocycles. The summed E-state index contributed by atoms with van der Waals surface area (Å²) in [6, 6.07) is 4.31. The Morgan fingerprint density at radius 1 is 1.44 bits per heavy atom. The van der Waals surface area contributed by atoms with E-state index in [0.717, 1.165) is 12.8 Å². The summed E-state index contributed by atoms with van der Waals surface area (Å²) in [5.74, 6) is -0.755. The van der Waals surface area contributed by atoms with Crippen molar-refractivity contribution in [2.24, 2.45) is 0 Å². The molecule has 98 valence electrons. The molecule has 0 aliphatic carbocycles. The van der Waals surface area contributed by atoms with Crippen LogP contribution in [0.25, 0.3) is 0 Å². The number of rotatable bonds is 2. The first-order valence-electron chi connectivity index (χ1n) is 5.99. The Morgan fingerprint density at radius 3 is 2.72 bits per heavy atom. The van der Waals surface area contributed by atoms with Crippen LogP contribution in [-0.2, 0) is 4.74 Å². The van der Waals surface area contributed by atoms with Crippen LogP contribution < -0.4 is 5.73 Å². The maximum absolute atomic E-state index is 13.3. The number of nitrogens with zero attached hydrogens (tertiary/aromatic N) is 1. The molecule has 18 heavy (non-hydrogen) atoms. The fourth-order valence-electron chi connectivity index (χ4n) is 2.19. The van der Waals surface area contributed by atoms with E-state index in [-0.39, 0.29) is 23.3 Å². The van der Waals surface area contributed by atoms with Crippen LogP contribution in [0.5, 0.6) is 0 Å². The Labute approximate surface area is 106 Å². The average Bonchev–Trinajstić information content (AvgIpc) is 2.41. The van der Waals surface area contributed by atoms with E-state index in [1.165, 1.54) is 12.1 Å². The predicted molar refractivity (Wildman–Crippen MR) is 66.7 cm³/mol. The second-order valence-corrected chi connectivity index (χ2v) is 4.43. The van der Waals surface area contributed by atoms with Gasteiger partial charge in [-0.25, -0.2) is 4.39 Å². The number of likely N-dealkylation sites (tertiary alicyclic amines) is 1. The molecule has 1 aromatic rings. The number of nitrogen functional groups attached to an aromatic ring is 1. The van der Waals surface area contributed by atoms with Gasteiger partial charge in [0.15, 0.2) is 0 Å². The molecule has 1 heterocycles. The Balaban J connectivity index is 2.10. The third kappa shape index (κ3) is 2.46. The van der Waals surface area contributed by atoms with Gasteiger partial charge in [-0.1, -0.05) is 6.07 Å². The predicted octanol–water partition coefficient (Wildman–Crippen LogP) is 1.66. The largest absolute Gasteiger partial charge is 0.396 e. The lowest BCUT2D eigenvalue weighted by atomic mass is 10.1. The van der Waals surface area contributed by atoms with Gasteiger partial charge in [-0.15, -0.1) is 0 Å². The third-order valence-electron chi connectivity index (χ3n) is 3.35. The van der Waals surface area contributed by atoms with Gasteiger partial charge in [0, 0.05) is 20.2 Å². The summed E-state index contributed by atoms with van der Waals surface area (Å²) in [5, 5.41) is 0. The van der Waals surface area contributed by atoms with Crippen molar-refractivity contribution in [1.82, 2.24) is 4.90 Å². The Bertz CT molecular complexity index is 443. The number of carbonyl (C=O) groups is 1. The molecule has 1 amide bonds. The number of halogens is 1. The molecule has 1 saturated heterocycles. The number of ether oxygens (including phenoxy) is 1. The molecule has 5 heteroatoms. The number of para-hydroxylation sites is 1. The van der Waals surface area contributed by atoms with Crippen molar-refractivity contribution in [1.29, 1.82) is 0 Å². The van der Waals surface area contributed by atoms with Gasteiger partial charge in [-0.2, -0.15) is 0 Å². The molecular formula is C13H17FN2O2. The zero-order valence-electron chi connectivity index (χ0n) is 10.4. The van der Waals surface area contributed by atoms with Crippen molar-refractivity contribution < 1.29 is 13.9 Å². The number of amides is 1. The zero-order chi connectivity index (χ0) is 13.1. The van der Waals surface area contributed by atoms with Gasteiger partial charge in [0.25, 0.3) is 5.91 Å². The van der Waals surface area contributed by atoms with E-state index < -0.39 is 5.82 Å². The van der Waals surface area contributed by atoms with Crippen molar-refractivity contribution in [2.45, 2.75) is 18.9 Å². The fourth-order valence-corrected chi connectivity index (χ4v) is 2.19. The molecule has 1 aliphatic rings. The van der Waals surface area contributed by atoms with Crippen LogP contribution in [0.1, 0.15) is 23.2 Å². The molecule has 0 saturated carbocycles. The first-order valence-corrected chi connectivity index (χ1v) is 5.99. The monoisotopic (exact) mass is 252 g/mol. The van der Waals surface area contributed by atoms with Crippen LogP contribution in [0.3, 0.4) is 0 Å². The van der Waals surface area contributed by atoms with Gasteiger partial charge < -0.3 is 15.4 Å². The lowest BCUT2D eigenvalue weighted by Gasteiger charge is -2.31. The van der Waals surface area contributed by atoms with Gasteiger partial charge >= 0.3 is 0 Å². The molecule has 0 spiro atoms. The van der Waals surface area contributed by atoms with Crippen LogP contribution in [0.15, 0.2) is 18.2 Å². The third-order valence-corrected chi connectivity index (χ3v) is 3.35. The van der Waals surface area contributed by atoms with Crippen LogP contribution in [0, 0.1) is 5.82 Å². The molecule has 1 aliphatic heterocycles. The Hall–Kier alpha value is -1.62. The highest BCUT2D eigenvalue weighted by molar-refractivity contribution is 5.99. The minimum absolute atomic E-state index is 0.0728. The second kappa shape index (κ2) is 5.35. The van der Waals surface area contributed by atoms with Crippen LogP contribution in [-0.4, -0.2) is 37.1 Å². The number of carbonyl (C=O) groups excluding carboxylic acids is 1. The van der Waals surface area contributed by atoms with E-state index in [4.69, 9.17) is 10.5 Å². The standard InChI is InChI=1S/C13H17FN2O2/c1-18-9-5-7-16(8-6-9)13(17)10-3-2-4-11(14)12(10)15/h2-4,9H,5-8,15H2,1H3. The summed E-state index contributed by atoms with van der Waals surface area (Å²) in [5.41, 5.74) is 5.77. The molecule has 2 rings (SSSR count). The summed E-state index contributed by atoms with van der Waals surface area (Å²) < 4.78 is 18.6. The van der Waals surface area contributed by atoms with E-state index in [9.17, 15) is 9.18 Å². The van der Waals surface area contributed by atoms with Gasteiger partial charge in [0.05, 0.1) is 17.4 Å². The fraction of sp³-hybridized carbons (Fsp3) is 0.462. The molecule has 0 unspecified atom stereocenters. The molecule has 2 N–H and O–H groups in total. The number of nitrogens with two attached hydrogens (primary N) is 1. The minimum atomic E-state index is -0.548. The molecule has 0 radical (unpaired) electrons. The molecule has 4 nitrogen and oxygen atoms in total. The highest BCUT2D eigenvalue weighted by Crippen LogP contribution is 2.20. The number of methoxy groups -OCH3 is 1. The van der Waals surface area contributed by atoms with Crippen molar-refractivity contribution in [3.05, 3.63) is 29.6 Å². The van der Waals surface area contributed by atoms with Gasteiger partial charge in [0.1, 0.15) is 5.82 Å². The minimum Gasteiger partial charge on any atom is -0.396 e. The molecule has 0 bridgehead atoms. The van der Waals surface area contributed by atoms with E-state index >= 15 is 0 Å². The smallest absolute Gasteiger partial charge is 0.256 e. The highest BCUT2D eigenvalue weighted by Gasteiger charge is 2.25. The quantitative estimate of drug-likeness (QED) is 0.814. The van der Waals surface area contributed by atoms with E-state index in [1.54, 1.807) is 18.1 Å². The van der Waals surface area contributed by atoms with Crippen molar-refractivity contribution in [2.75, 3.05) is 25.9 Å². The number of piperidine rings is 1. The van der Waals surface area contributed by atoms with E-state index in [2.05, 4.69) is 0 Å². The number of hydrogen-bond acceptors (Lipinski definition) is 3. The summed E-state index contributed by atoms with van der Waals surface area (Å²) in [6.07, 6.45) is 1.81. The maximum atomic E-state index is 13.3. The summed E-state index contributed by atoms with van der Waals surface area (Å²) in [4.78, 5) is 13.9. The van der Waals surface area contributed by atoms with Crippen LogP contribution in [0.4, 0.5) is 10.1 Å². The average molecular weight is 252 g/mol. The van der Waals surface area contributed by atoms with E-state index in [0.29, 0.717) is 13.1 Å². The van der Waals surface area contributed by atoms with Crippen molar-refractivity contribution >= 4 is 11.6 Å². The summed E-state index contributed by atoms with van der Waals surface area (Å²) >= 11 is 0. The normalized spacial score (nSPS) is 16.9. The Morgan fingerprint density at radius 2 is 2.11 bits per heavy atom. The molecule has 1 fully saturated rings. The van der Waals surface area contributed by atoms with Gasteiger partial charge in [-0.05, 0) is 25.0 Å².